The third-order valence-corrected chi connectivity index (χ3v) is 3.51. The smallest absolute Gasteiger partial charge is 0.256 e. The van der Waals surface area contributed by atoms with Gasteiger partial charge in [-0.3, -0.25) is 9.89 Å². The van der Waals surface area contributed by atoms with Gasteiger partial charge in [-0.05, 0) is 34.1 Å². The van der Waals surface area contributed by atoms with Crippen molar-refractivity contribution < 1.29 is 9.90 Å². The van der Waals surface area contributed by atoms with Gasteiger partial charge in [0.25, 0.3) is 5.91 Å². The molecule has 0 aliphatic rings. The fourth-order valence-corrected chi connectivity index (χ4v) is 1.86. The lowest BCUT2D eigenvalue weighted by molar-refractivity contribution is 0.102. The molecule has 6 heteroatoms. The van der Waals surface area contributed by atoms with Crippen molar-refractivity contribution in [2.45, 2.75) is 26.2 Å². The molecule has 0 saturated carbocycles. The van der Waals surface area contributed by atoms with E-state index in [4.69, 9.17) is 0 Å². The summed E-state index contributed by atoms with van der Waals surface area (Å²) in [6.45, 7) is 6.16. The maximum absolute atomic E-state index is 12.0. The highest BCUT2D eigenvalue weighted by Crippen LogP contribution is 2.25. The molecule has 5 nitrogen and oxygen atoms in total. The zero-order chi connectivity index (χ0) is 14.9. The van der Waals surface area contributed by atoms with E-state index >= 15 is 0 Å². The van der Waals surface area contributed by atoms with Gasteiger partial charge in [-0.25, -0.2) is 0 Å². The molecule has 0 fully saturated rings. The monoisotopic (exact) mass is 337 g/mol. The number of phenols is 1. The number of halogens is 1. The second-order valence-corrected chi connectivity index (χ2v) is 6.39. The van der Waals surface area contributed by atoms with Crippen LogP contribution in [0.4, 0.5) is 5.82 Å². The van der Waals surface area contributed by atoms with Crippen molar-refractivity contribution in [3.05, 3.63) is 40.0 Å². The van der Waals surface area contributed by atoms with E-state index in [9.17, 15) is 9.90 Å². The predicted octanol–water partition coefficient (Wildman–Crippen LogP) is 3.43. The minimum atomic E-state index is -0.320. The normalized spacial score (nSPS) is 11.4. The molecule has 106 valence electrons. The Bertz CT molecular complexity index is 644. The number of hydrogen-bond donors (Lipinski definition) is 3. The van der Waals surface area contributed by atoms with Crippen LogP contribution in [0.5, 0.6) is 5.75 Å². The van der Waals surface area contributed by atoms with Crippen LogP contribution in [-0.4, -0.2) is 21.2 Å². The largest absolute Gasteiger partial charge is 0.507 e. The van der Waals surface area contributed by atoms with Crippen LogP contribution in [0.3, 0.4) is 0 Å². The van der Waals surface area contributed by atoms with Gasteiger partial charge in [0.1, 0.15) is 5.75 Å². The van der Waals surface area contributed by atoms with Crippen LogP contribution in [0.1, 0.15) is 36.8 Å². The number of phenolic OH excluding ortho intramolecular Hbond substituents is 1. The van der Waals surface area contributed by atoms with Crippen LogP contribution in [0.2, 0.25) is 0 Å². The summed E-state index contributed by atoms with van der Waals surface area (Å²) in [5.41, 5.74) is 1.24. The van der Waals surface area contributed by atoms with E-state index in [1.807, 2.05) is 0 Å². The molecule has 0 unspecified atom stereocenters. The zero-order valence-electron chi connectivity index (χ0n) is 11.5. The number of aromatic amines is 1. The van der Waals surface area contributed by atoms with Crippen molar-refractivity contribution in [1.82, 2.24) is 10.2 Å². The summed E-state index contributed by atoms with van der Waals surface area (Å²) in [4.78, 5) is 12.0. The summed E-state index contributed by atoms with van der Waals surface area (Å²) < 4.78 is 0.545. The number of rotatable bonds is 2. The van der Waals surface area contributed by atoms with Crippen LogP contribution in [0.25, 0.3) is 0 Å². The van der Waals surface area contributed by atoms with Gasteiger partial charge in [0.05, 0.1) is 4.47 Å². The van der Waals surface area contributed by atoms with Gasteiger partial charge in [-0.15, -0.1) is 0 Å². The van der Waals surface area contributed by atoms with Gasteiger partial charge in [0.15, 0.2) is 5.82 Å². The van der Waals surface area contributed by atoms with E-state index in [1.54, 1.807) is 18.2 Å². The molecule has 20 heavy (non-hydrogen) atoms. The average Bonchev–Trinajstić information content (AvgIpc) is 2.81. The first-order valence-electron chi connectivity index (χ1n) is 6.13. The average molecular weight is 338 g/mol. The van der Waals surface area contributed by atoms with E-state index in [1.165, 1.54) is 6.07 Å². The van der Waals surface area contributed by atoms with Crippen molar-refractivity contribution >= 4 is 27.7 Å². The van der Waals surface area contributed by atoms with Crippen LogP contribution in [0.15, 0.2) is 28.7 Å². The van der Waals surface area contributed by atoms with Crippen LogP contribution in [-0.2, 0) is 5.41 Å². The summed E-state index contributed by atoms with van der Waals surface area (Å²) in [7, 11) is 0. The lowest BCUT2D eigenvalue weighted by Gasteiger charge is -2.14. The number of H-pyrrole nitrogens is 1. The third kappa shape index (κ3) is 3.19. The van der Waals surface area contributed by atoms with Gasteiger partial charge in [-0.2, -0.15) is 5.10 Å². The summed E-state index contributed by atoms with van der Waals surface area (Å²) in [6.07, 6.45) is 0. The maximum Gasteiger partial charge on any atom is 0.256 e. The van der Waals surface area contributed by atoms with Crippen LogP contribution < -0.4 is 5.32 Å². The molecular formula is C14H16BrN3O2. The van der Waals surface area contributed by atoms with E-state index in [2.05, 4.69) is 52.2 Å². The first kappa shape index (κ1) is 14.6. The Morgan fingerprint density at radius 3 is 2.60 bits per heavy atom. The van der Waals surface area contributed by atoms with Crippen molar-refractivity contribution in [1.29, 1.82) is 0 Å². The molecular weight excluding hydrogens is 322 g/mol. The van der Waals surface area contributed by atoms with Crippen molar-refractivity contribution in [3.63, 3.8) is 0 Å². The predicted molar refractivity (Wildman–Crippen MR) is 81.0 cm³/mol. The Balaban J connectivity index is 2.15. The number of amides is 1. The lowest BCUT2D eigenvalue weighted by atomic mass is 9.92. The van der Waals surface area contributed by atoms with Crippen molar-refractivity contribution in [3.8, 4) is 5.75 Å². The molecule has 1 aromatic carbocycles. The molecule has 3 N–H and O–H groups in total. The summed E-state index contributed by atoms with van der Waals surface area (Å²) >= 11 is 3.17. The van der Waals surface area contributed by atoms with Gasteiger partial charge in [0.2, 0.25) is 0 Å². The molecule has 0 bridgehead atoms. The quantitative estimate of drug-likeness (QED) is 0.785. The van der Waals surface area contributed by atoms with Crippen molar-refractivity contribution in [2.75, 3.05) is 5.32 Å². The number of anilines is 1. The van der Waals surface area contributed by atoms with Crippen LogP contribution in [0, 0.1) is 0 Å². The molecule has 0 aliphatic carbocycles. The highest BCUT2D eigenvalue weighted by Gasteiger charge is 2.17. The molecule has 0 spiro atoms. The Hall–Kier alpha value is -1.82. The first-order valence-corrected chi connectivity index (χ1v) is 6.92. The second-order valence-electron chi connectivity index (χ2n) is 5.54. The molecule has 2 rings (SSSR count). The number of nitrogens with zero attached hydrogens (tertiary/aromatic N) is 1. The third-order valence-electron chi connectivity index (χ3n) is 2.84. The fourth-order valence-electron chi connectivity index (χ4n) is 1.61. The number of carbonyl (C=O) groups excluding carboxylic acids is 1. The number of nitrogens with one attached hydrogen (secondary N) is 2. The fraction of sp³-hybridized carbons (Fsp3) is 0.286. The minimum absolute atomic E-state index is 0.0232. The molecule has 1 heterocycles. The van der Waals surface area contributed by atoms with Gasteiger partial charge in [-0.1, -0.05) is 20.8 Å². The Morgan fingerprint density at radius 2 is 2.05 bits per heavy atom. The SMILES string of the molecule is CC(C)(C)c1cc(NC(=O)c2ccc(Br)c(O)c2)n[nH]1. The summed E-state index contributed by atoms with van der Waals surface area (Å²) in [6, 6.07) is 6.44. The first-order chi connectivity index (χ1) is 9.27. The molecule has 0 atom stereocenters. The van der Waals surface area contributed by atoms with E-state index in [0.717, 1.165) is 5.69 Å². The van der Waals surface area contributed by atoms with Crippen molar-refractivity contribution in [2.24, 2.45) is 0 Å². The number of aromatic nitrogens is 2. The van der Waals surface area contributed by atoms with E-state index < -0.39 is 0 Å². The second kappa shape index (κ2) is 5.28. The highest BCUT2D eigenvalue weighted by molar-refractivity contribution is 9.10. The molecule has 1 amide bonds. The minimum Gasteiger partial charge on any atom is -0.507 e. The number of aromatic hydroxyl groups is 1. The maximum atomic E-state index is 12.0. The standard InChI is InChI=1S/C14H16BrN3O2/c1-14(2,3)11-7-12(18-17-11)16-13(20)8-4-5-9(15)10(19)6-8/h4-7,19H,1-3H3,(H2,16,17,18,20). The lowest BCUT2D eigenvalue weighted by Crippen LogP contribution is -2.12. The molecule has 0 aliphatic heterocycles. The number of hydrogen-bond acceptors (Lipinski definition) is 3. The van der Waals surface area contributed by atoms with Gasteiger partial charge in [0, 0.05) is 22.7 Å². The number of carbonyl (C=O) groups is 1. The zero-order valence-corrected chi connectivity index (χ0v) is 13.1. The topological polar surface area (TPSA) is 78.0 Å². The van der Waals surface area contributed by atoms with Crippen LogP contribution >= 0.6 is 15.9 Å². The molecule has 1 aromatic heterocycles. The summed E-state index contributed by atoms with van der Waals surface area (Å²) in [5.74, 6) is 0.164. The molecule has 0 saturated heterocycles. The van der Waals surface area contributed by atoms with Gasteiger partial charge < -0.3 is 10.4 Å². The Morgan fingerprint density at radius 1 is 1.35 bits per heavy atom. The number of benzene rings is 1. The molecule has 0 radical (unpaired) electrons. The van der Waals surface area contributed by atoms with E-state index in [-0.39, 0.29) is 17.1 Å². The van der Waals surface area contributed by atoms with E-state index in [0.29, 0.717) is 15.9 Å². The highest BCUT2D eigenvalue weighted by atomic mass is 79.9. The molecule has 2 aromatic rings. The Labute approximate surface area is 125 Å². The summed E-state index contributed by atoms with van der Waals surface area (Å²) in [5, 5.41) is 19.2. The Kier molecular flexibility index (Phi) is 3.85. The van der Waals surface area contributed by atoms with Gasteiger partial charge >= 0.3 is 0 Å².